The zero-order chi connectivity index (χ0) is 11.0. The zero-order valence-corrected chi connectivity index (χ0v) is 11.1. The monoisotopic (exact) mass is 261 g/mol. The summed E-state index contributed by atoms with van der Waals surface area (Å²) in [7, 11) is 10.5. The summed E-state index contributed by atoms with van der Waals surface area (Å²) in [6, 6.07) is 1.87. The van der Waals surface area contributed by atoms with E-state index in [1.807, 2.05) is 25.1 Å². The van der Waals surface area contributed by atoms with Gasteiger partial charge in [0, 0.05) is 20.2 Å². The van der Waals surface area contributed by atoms with Crippen LogP contribution in [0.5, 0.6) is 11.5 Å². The number of fused-ring (bicyclic) bond motifs is 1. The molecule has 0 aromatic heterocycles. The number of phenolic OH excluding ortho intramolecular Hbond substituents is 1. The van der Waals surface area contributed by atoms with Gasteiger partial charge in [-0.05, 0) is 31.4 Å². The number of benzene rings is 1. The number of anilines is 1. The maximum Gasteiger partial charge on any atom is 0.173 e. The minimum absolute atomic E-state index is 0.251. The van der Waals surface area contributed by atoms with Crippen molar-refractivity contribution in [3.05, 3.63) is 6.07 Å². The van der Waals surface area contributed by atoms with Crippen LogP contribution in [-0.4, -0.2) is 26.3 Å². The first-order chi connectivity index (χ1) is 7.15. The third kappa shape index (κ3) is 1.86. The number of aromatic hydroxyl groups is 1. The molecule has 1 heterocycles. The van der Waals surface area contributed by atoms with E-state index in [4.69, 9.17) is 4.74 Å². The van der Waals surface area contributed by atoms with Crippen molar-refractivity contribution in [2.75, 3.05) is 26.1 Å². The second-order valence-corrected chi connectivity index (χ2v) is 7.15. The second-order valence-electron chi connectivity index (χ2n) is 3.23. The van der Waals surface area contributed by atoms with E-state index >= 15 is 0 Å². The molecule has 1 aromatic rings. The SMILES string of the molecule is COc1cc(N(C)C)c2c(c1O)SSS2. The Balaban J connectivity index is 2.62. The minimum atomic E-state index is 0.251. The Morgan fingerprint density at radius 2 is 1.93 bits per heavy atom. The largest absolute Gasteiger partial charge is 0.503 e. The van der Waals surface area contributed by atoms with Crippen molar-refractivity contribution in [3.63, 3.8) is 0 Å². The standard InChI is InChI=1S/C9H11NO2S3/c1-10(2)5-4-6(12-3)7(11)9-8(5)13-15-14-9/h4,11H,1-3H3. The van der Waals surface area contributed by atoms with E-state index < -0.39 is 0 Å². The van der Waals surface area contributed by atoms with Crippen LogP contribution < -0.4 is 9.64 Å². The molecule has 0 spiro atoms. The smallest absolute Gasteiger partial charge is 0.173 e. The predicted molar refractivity (Wildman–Crippen MR) is 68.3 cm³/mol. The fourth-order valence-corrected chi connectivity index (χ4v) is 5.95. The molecule has 1 aliphatic heterocycles. The van der Waals surface area contributed by atoms with Gasteiger partial charge in [0.15, 0.2) is 11.5 Å². The molecule has 0 bridgehead atoms. The summed E-state index contributed by atoms with van der Waals surface area (Å²) >= 11 is 0. The maximum absolute atomic E-state index is 9.92. The quantitative estimate of drug-likeness (QED) is 0.823. The molecule has 0 amide bonds. The highest BCUT2D eigenvalue weighted by Crippen LogP contribution is 2.63. The van der Waals surface area contributed by atoms with Gasteiger partial charge in [0.25, 0.3) is 0 Å². The van der Waals surface area contributed by atoms with Gasteiger partial charge in [0.1, 0.15) is 0 Å². The summed E-state index contributed by atoms with van der Waals surface area (Å²) < 4.78 is 5.15. The van der Waals surface area contributed by atoms with Crippen molar-refractivity contribution in [2.45, 2.75) is 9.79 Å². The molecular formula is C9H11NO2S3. The van der Waals surface area contributed by atoms with Crippen molar-refractivity contribution >= 4 is 37.1 Å². The van der Waals surface area contributed by atoms with Crippen LogP contribution in [-0.2, 0) is 0 Å². The Bertz CT molecular complexity index is 395. The van der Waals surface area contributed by atoms with Crippen LogP contribution in [0.1, 0.15) is 0 Å². The van der Waals surface area contributed by atoms with Crippen molar-refractivity contribution in [1.29, 1.82) is 0 Å². The number of nitrogens with zero attached hydrogens (tertiary/aromatic N) is 1. The Hall–Kier alpha value is -0.330. The molecule has 82 valence electrons. The van der Waals surface area contributed by atoms with Crippen LogP contribution in [0.4, 0.5) is 5.69 Å². The molecule has 0 saturated carbocycles. The molecule has 0 saturated heterocycles. The maximum atomic E-state index is 9.92. The molecule has 0 atom stereocenters. The molecule has 6 heteroatoms. The van der Waals surface area contributed by atoms with Gasteiger partial charge in [-0.2, -0.15) is 0 Å². The van der Waals surface area contributed by atoms with E-state index in [0.29, 0.717) is 5.75 Å². The Morgan fingerprint density at radius 1 is 1.27 bits per heavy atom. The van der Waals surface area contributed by atoms with Crippen LogP contribution >= 0.6 is 31.4 Å². The van der Waals surface area contributed by atoms with Crippen LogP contribution in [0.2, 0.25) is 0 Å². The topological polar surface area (TPSA) is 32.7 Å². The Morgan fingerprint density at radius 3 is 2.53 bits per heavy atom. The van der Waals surface area contributed by atoms with Crippen LogP contribution in [0.25, 0.3) is 0 Å². The summed E-state index contributed by atoms with van der Waals surface area (Å²) in [6.07, 6.45) is 0. The van der Waals surface area contributed by atoms with Crippen LogP contribution in [0.3, 0.4) is 0 Å². The number of methoxy groups -OCH3 is 1. The lowest BCUT2D eigenvalue weighted by atomic mass is 10.2. The van der Waals surface area contributed by atoms with Gasteiger partial charge in [0.05, 0.1) is 22.6 Å². The fourth-order valence-electron chi connectivity index (χ4n) is 1.32. The van der Waals surface area contributed by atoms with Crippen LogP contribution in [0, 0.1) is 0 Å². The van der Waals surface area contributed by atoms with E-state index in [-0.39, 0.29) is 5.75 Å². The van der Waals surface area contributed by atoms with E-state index in [2.05, 4.69) is 0 Å². The van der Waals surface area contributed by atoms with Crippen molar-refractivity contribution in [3.8, 4) is 11.5 Å². The summed E-state index contributed by atoms with van der Waals surface area (Å²) in [5.74, 6) is 0.786. The molecule has 15 heavy (non-hydrogen) atoms. The second kappa shape index (κ2) is 4.27. The highest BCUT2D eigenvalue weighted by atomic mass is 33.5. The van der Waals surface area contributed by atoms with Gasteiger partial charge in [-0.25, -0.2) is 0 Å². The predicted octanol–water partition coefficient (Wildman–Crippen LogP) is 3.23. The van der Waals surface area contributed by atoms with Gasteiger partial charge in [-0.15, -0.1) is 0 Å². The molecule has 0 radical (unpaired) electrons. The normalized spacial score (nSPS) is 13.8. The van der Waals surface area contributed by atoms with Crippen molar-refractivity contribution in [1.82, 2.24) is 0 Å². The van der Waals surface area contributed by atoms with Gasteiger partial charge in [-0.1, -0.05) is 0 Å². The summed E-state index contributed by atoms with van der Waals surface area (Å²) in [6.45, 7) is 0. The van der Waals surface area contributed by atoms with Crippen molar-refractivity contribution < 1.29 is 9.84 Å². The zero-order valence-electron chi connectivity index (χ0n) is 8.60. The molecule has 0 unspecified atom stereocenters. The highest BCUT2D eigenvalue weighted by molar-refractivity contribution is 9.10. The summed E-state index contributed by atoms with van der Waals surface area (Å²) in [4.78, 5) is 4.06. The van der Waals surface area contributed by atoms with E-state index in [9.17, 15) is 5.11 Å². The van der Waals surface area contributed by atoms with Gasteiger partial charge < -0.3 is 14.7 Å². The van der Waals surface area contributed by atoms with E-state index in [1.165, 1.54) is 0 Å². The molecule has 2 rings (SSSR count). The average molecular weight is 261 g/mol. The number of phenols is 1. The Kier molecular flexibility index (Phi) is 3.18. The average Bonchev–Trinajstić information content (AvgIpc) is 2.67. The molecule has 1 aliphatic rings. The third-order valence-electron chi connectivity index (χ3n) is 2.09. The molecule has 1 aromatic carbocycles. The lowest BCUT2D eigenvalue weighted by Crippen LogP contribution is -2.10. The van der Waals surface area contributed by atoms with Gasteiger partial charge >= 0.3 is 0 Å². The first kappa shape index (κ1) is 11.2. The Labute approximate surface area is 100 Å². The van der Waals surface area contributed by atoms with Crippen molar-refractivity contribution in [2.24, 2.45) is 0 Å². The molecular weight excluding hydrogens is 250 g/mol. The summed E-state index contributed by atoms with van der Waals surface area (Å²) in [5.41, 5.74) is 1.09. The van der Waals surface area contributed by atoms with Gasteiger partial charge in [-0.3, -0.25) is 0 Å². The van der Waals surface area contributed by atoms with Gasteiger partial charge in [0.2, 0.25) is 0 Å². The lowest BCUT2D eigenvalue weighted by molar-refractivity contribution is 0.366. The minimum Gasteiger partial charge on any atom is -0.503 e. The molecule has 0 fully saturated rings. The number of ether oxygens (including phenoxy) is 1. The van der Waals surface area contributed by atoms with E-state index in [1.54, 1.807) is 38.5 Å². The summed E-state index contributed by atoms with van der Waals surface area (Å²) in [5, 5.41) is 9.92. The fraction of sp³-hybridized carbons (Fsp3) is 0.333. The third-order valence-corrected chi connectivity index (χ3v) is 6.13. The molecule has 0 aliphatic carbocycles. The molecule has 1 N–H and O–H groups in total. The lowest BCUT2D eigenvalue weighted by Gasteiger charge is -2.18. The number of hydrogen-bond donors (Lipinski definition) is 1. The first-order valence-corrected chi connectivity index (χ1v) is 7.76. The molecule has 3 nitrogen and oxygen atoms in total. The highest BCUT2D eigenvalue weighted by Gasteiger charge is 2.25. The number of hydrogen-bond acceptors (Lipinski definition) is 6. The van der Waals surface area contributed by atoms with Crippen LogP contribution in [0.15, 0.2) is 15.9 Å². The number of rotatable bonds is 2. The first-order valence-electron chi connectivity index (χ1n) is 4.27. The van der Waals surface area contributed by atoms with E-state index in [0.717, 1.165) is 15.5 Å².